The number of nitrogens with one attached hydrogen (secondary N) is 1. The maximum atomic E-state index is 11.5. The standard InChI is InChI=1S/C13H17NO3/c1-9(2)12(16)7-13(17)14-11-5-3-10(8-15)4-6-11/h3-6,9,15H,7-8H2,1-2H3,(H,14,17). The molecule has 0 aliphatic carbocycles. The number of rotatable bonds is 5. The smallest absolute Gasteiger partial charge is 0.231 e. The minimum atomic E-state index is -0.305. The van der Waals surface area contributed by atoms with Crippen LogP contribution in [0.5, 0.6) is 0 Å². The number of carbonyl (C=O) groups excluding carboxylic acids is 2. The molecule has 2 N–H and O–H groups in total. The van der Waals surface area contributed by atoms with Crippen molar-refractivity contribution in [1.29, 1.82) is 0 Å². The number of carbonyl (C=O) groups is 2. The molecule has 1 amide bonds. The summed E-state index contributed by atoms with van der Waals surface area (Å²) in [4.78, 5) is 22.9. The van der Waals surface area contributed by atoms with Crippen LogP contribution in [0.4, 0.5) is 5.69 Å². The molecule has 0 bridgehead atoms. The van der Waals surface area contributed by atoms with Gasteiger partial charge < -0.3 is 10.4 Å². The molecule has 0 aliphatic rings. The first kappa shape index (κ1) is 13.4. The van der Waals surface area contributed by atoms with Crippen LogP contribution in [0.1, 0.15) is 25.8 Å². The summed E-state index contributed by atoms with van der Waals surface area (Å²) in [5.74, 6) is -0.507. The van der Waals surface area contributed by atoms with Crippen LogP contribution in [0.3, 0.4) is 0 Å². The molecule has 0 saturated carbocycles. The van der Waals surface area contributed by atoms with E-state index in [2.05, 4.69) is 5.32 Å². The van der Waals surface area contributed by atoms with Gasteiger partial charge >= 0.3 is 0 Å². The maximum absolute atomic E-state index is 11.5. The summed E-state index contributed by atoms with van der Waals surface area (Å²) in [5.41, 5.74) is 1.41. The second-order valence-corrected chi connectivity index (χ2v) is 4.20. The van der Waals surface area contributed by atoms with Gasteiger partial charge in [-0.25, -0.2) is 0 Å². The Kier molecular flexibility index (Phi) is 4.84. The van der Waals surface area contributed by atoms with E-state index in [-0.39, 0.29) is 30.6 Å². The van der Waals surface area contributed by atoms with E-state index in [1.807, 2.05) is 0 Å². The van der Waals surface area contributed by atoms with E-state index < -0.39 is 0 Å². The van der Waals surface area contributed by atoms with Gasteiger partial charge in [0.15, 0.2) is 0 Å². The van der Waals surface area contributed by atoms with Crippen molar-refractivity contribution in [1.82, 2.24) is 0 Å². The molecule has 17 heavy (non-hydrogen) atoms. The average molecular weight is 235 g/mol. The molecule has 92 valence electrons. The van der Waals surface area contributed by atoms with Gasteiger partial charge in [-0.3, -0.25) is 9.59 Å². The summed E-state index contributed by atoms with van der Waals surface area (Å²) >= 11 is 0. The lowest BCUT2D eigenvalue weighted by Gasteiger charge is -2.06. The molecule has 0 atom stereocenters. The molecule has 1 rings (SSSR count). The van der Waals surface area contributed by atoms with Gasteiger partial charge in [-0.2, -0.15) is 0 Å². The molecule has 0 fully saturated rings. The number of hydrogen-bond acceptors (Lipinski definition) is 3. The Balaban J connectivity index is 2.53. The molecular formula is C13H17NO3. The summed E-state index contributed by atoms with van der Waals surface area (Å²) in [6.45, 7) is 3.51. The molecule has 0 radical (unpaired) electrons. The van der Waals surface area contributed by atoms with Crippen molar-refractivity contribution < 1.29 is 14.7 Å². The Hall–Kier alpha value is -1.68. The van der Waals surface area contributed by atoms with E-state index >= 15 is 0 Å². The summed E-state index contributed by atoms with van der Waals surface area (Å²) in [6, 6.07) is 6.84. The van der Waals surface area contributed by atoms with Crippen LogP contribution in [0, 0.1) is 5.92 Å². The van der Waals surface area contributed by atoms with Crippen LogP contribution < -0.4 is 5.32 Å². The third kappa shape index (κ3) is 4.36. The van der Waals surface area contributed by atoms with Crippen molar-refractivity contribution in [2.45, 2.75) is 26.9 Å². The Morgan fingerprint density at radius 2 is 1.82 bits per heavy atom. The number of benzene rings is 1. The van der Waals surface area contributed by atoms with Crippen LogP contribution in [0.25, 0.3) is 0 Å². The third-order valence-corrected chi connectivity index (χ3v) is 2.40. The van der Waals surface area contributed by atoms with Gasteiger partial charge in [0.2, 0.25) is 5.91 Å². The third-order valence-electron chi connectivity index (χ3n) is 2.40. The highest BCUT2D eigenvalue weighted by Crippen LogP contribution is 2.10. The summed E-state index contributed by atoms with van der Waals surface area (Å²) in [7, 11) is 0. The van der Waals surface area contributed by atoms with Gasteiger partial charge in [0, 0.05) is 11.6 Å². The minimum Gasteiger partial charge on any atom is -0.392 e. The van der Waals surface area contributed by atoms with E-state index in [1.165, 1.54) is 0 Å². The average Bonchev–Trinajstić information content (AvgIpc) is 2.29. The fourth-order valence-corrected chi connectivity index (χ4v) is 1.26. The minimum absolute atomic E-state index is 0.0277. The molecule has 0 unspecified atom stereocenters. The number of hydrogen-bond donors (Lipinski definition) is 2. The second kappa shape index (κ2) is 6.15. The molecule has 4 nitrogen and oxygen atoms in total. The zero-order chi connectivity index (χ0) is 12.8. The van der Waals surface area contributed by atoms with Crippen molar-refractivity contribution >= 4 is 17.4 Å². The summed E-state index contributed by atoms with van der Waals surface area (Å²) in [6.07, 6.45) is -0.0978. The lowest BCUT2D eigenvalue weighted by molar-refractivity contribution is -0.127. The number of anilines is 1. The Morgan fingerprint density at radius 3 is 2.29 bits per heavy atom. The first-order valence-electron chi connectivity index (χ1n) is 5.55. The van der Waals surface area contributed by atoms with Crippen molar-refractivity contribution in [3.8, 4) is 0 Å². The molecule has 0 saturated heterocycles. The van der Waals surface area contributed by atoms with E-state index in [1.54, 1.807) is 38.1 Å². The lowest BCUT2D eigenvalue weighted by atomic mass is 10.1. The second-order valence-electron chi connectivity index (χ2n) is 4.20. The summed E-state index contributed by atoms with van der Waals surface area (Å²) < 4.78 is 0. The summed E-state index contributed by atoms with van der Waals surface area (Å²) in [5, 5.41) is 11.5. The lowest BCUT2D eigenvalue weighted by Crippen LogP contribution is -2.19. The molecule has 0 aromatic heterocycles. The Labute approximate surface area is 101 Å². The van der Waals surface area contributed by atoms with Crippen molar-refractivity contribution in [3.05, 3.63) is 29.8 Å². The highest BCUT2D eigenvalue weighted by Gasteiger charge is 2.12. The SMILES string of the molecule is CC(C)C(=O)CC(=O)Nc1ccc(CO)cc1. The van der Waals surface area contributed by atoms with Gasteiger partial charge in [0.1, 0.15) is 5.78 Å². The fourth-order valence-electron chi connectivity index (χ4n) is 1.26. The first-order valence-corrected chi connectivity index (χ1v) is 5.55. The quantitative estimate of drug-likeness (QED) is 0.764. The number of Topliss-reactive ketones (excluding diaryl/α,β-unsaturated/α-hetero) is 1. The van der Waals surface area contributed by atoms with Gasteiger partial charge in [0.25, 0.3) is 0 Å². The zero-order valence-electron chi connectivity index (χ0n) is 10.1. The maximum Gasteiger partial charge on any atom is 0.231 e. The molecule has 1 aromatic rings. The normalized spacial score (nSPS) is 10.4. The first-order chi connectivity index (χ1) is 8.02. The van der Waals surface area contributed by atoms with Crippen LogP contribution in [0.2, 0.25) is 0 Å². The van der Waals surface area contributed by atoms with Gasteiger partial charge in [-0.15, -0.1) is 0 Å². The molecule has 0 spiro atoms. The predicted octanol–water partition coefficient (Wildman–Crippen LogP) is 1.73. The van der Waals surface area contributed by atoms with E-state index in [9.17, 15) is 9.59 Å². The highest BCUT2D eigenvalue weighted by molar-refractivity contribution is 6.04. The fraction of sp³-hybridized carbons (Fsp3) is 0.385. The van der Waals surface area contributed by atoms with E-state index in [0.29, 0.717) is 5.69 Å². The number of aliphatic hydroxyl groups excluding tert-OH is 1. The Bertz CT molecular complexity index is 396. The van der Waals surface area contributed by atoms with Crippen LogP contribution in [0.15, 0.2) is 24.3 Å². The molecule has 1 aromatic carbocycles. The predicted molar refractivity (Wildman–Crippen MR) is 65.5 cm³/mol. The zero-order valence-corrected chi connectivity index (χ0v) is 10.1. The largest absolute Gasteiger partial charge is 0.392 e. The van der Waals surface area contributed by atoms with Crippen LogP contribution in [-0.2, 0) is 16.2 Å². The molecular weight excluding hydrogens is 218 g/mol. The van der Waals surface area contributed by atoms with Crippen LogP contribution in [-0.4, -0.2) is 16.8 Å². The number of ketones is 1. The topological polar surface area (TPSA) is 66.4 Å². The van der Waals surface area contributed by atoms with Crippen molar-refractivity contribution in [2.24, 2.45) is 5.92 Å². The van der Waals surface area contributed by atoms with Gasteiger partial charge in [-0.05, 0) is 17.7 Å². The molecule has 0 heterocycles. The monoisotopic (exact) mass is 235 g/mol. The number of amides is 1. The van der Waals surface area contributed by atoms with Crippen molar-refractivity contribution in [3.63, 3.8) is 0 Å². The molecule has 4 heteroatoms. The van der Waals surface area contributed by atoms with Crippen LogP contribution >= 0.6 is 0 Å². The molecule has 0 aliphatic heterocycles. The van der Waals surface area contributed by atoms with Gasteiger partial charge in [-0.1, -0.05) is 26.0 Å². The van der Waals surface area contributed by atoms with E-state index in [0.717, 1.165) is 5.56 Å². The van der Waals surface area contributed by atoms with E-state index in [4.69, 9.17) is 5.11 Å². The van der Waals surface area contributed by atoms with Crippen molar-refractivity contribution in [2.75, 3.05) is 5.32 Å². The Morgan fingerprint density at radius 1 is 1.24 bits per heavy atom. The highest BCUT2D eigenvalue weighted by atomic mass is 16.3. The number of aliphatic hydroxyl groups is 1. The van der Waals surface area contributed by atoms with Gasteiger partial charge in [0.05, 0.1) is 13.0 Å².